The van der Waals surface area contributed by atoms with Crippen LogP contribution in [0.5, 0.6) is 5.75 Å². The van der Waals surface area contributed by atoms with Crippen LogP contribution in [0.15, 0.2) is 77.8 Å². The Morgan fingerprint density at radius 3 is 2.52 bits per heavy atom. The lowest BCUT2D eigenvalue weighted by molar-refractivity contribution is -0.384. The highest BCUT2D eigenvalue weighted by molar-refractivity contribution is 6.32. The fraction of sp³-hybridized carbons (Fsp3) is 0.130. The fourth-order valence-electron chi connectivity index (χ4n) is 3.39. The summed E-state index contributed by atoms with van der Waals surface area (Å²) in [6.07, 6.45) is 0. The molecule has 31 heavy (non-hydrogen) atoms. The molecule has 3 aromatic rings. The number of anilines is 1. The van der Waals surface area contributed by atoms with Crippen molar-refractivity contribution in [3.8, 4) is 5.75 Å². The zero-order valence-electron chi connectivity index (χ0n) is 16.4. The van der Waals surface area contributed by atoms with Crippen molar-refractivity contribution in [2.75, 3.05) is 24.6 Å². The predicted molar refractivity (Wildman–Crippen MR) is 119 cm³/mol. The third-order valence-corrected chi connectivity index (χ3v) is 5.09. The minimum absolute atomic E-state index is 0.00792. The highest BCUT2D eigenvalue weighted by Gasteiger charge is 2.25. The van der Waals surface area contributed by atoms with Gasteiger partial charge in [0, 0.05) is 28.3 Å². The fourth-order valence-corrected chi connectivity index (χ4v) is 3.56. The van der Waals surface area contributed by atoms with Gasteiger partial charge in [-0.2, -0.15) is 0 Å². The molecule has 4 rings (SSSR count). The first-order valence-electron chi connectivity index (χ1n) is 9.60. The maximum atomic E-state index is 12.9. The van der Waals surface area contributed by atoms with Crippen molar-refractivity contribution < 1.29 is 14.5 Å². The number of carbonyl (C=O) groups is 1. The van der Waals surface area contributed by atoms with E-state index in [2.05, 4.69) is 4.99 Å². The smallest absolute Gasteiger partial charge is 0.269 e. The topological polar surface area (TPSA) is 85.0 Å². The molecule has 0 spiro atoms. The van der Waals surface area contributed by atoms with E-state index in [1.54, 1.807) is 11.0 Å². The van der Waals surface area contributed by atoms with Gasteiger partial charge in [-0.1, -0.05) is 41.9 Å². The van der Waals surface area contributed by atoms with Gasteiger partial charge in [0.1, 0.15) is 18.9 Å². The Kier molecular flexibility index (Phi) is 5.95. The van der Waals surface area contributed by atoms with Crippen LogP contribution >= 0.6 is 11.6 Å². The lowest BCUT2D eigenvalue weighted by Crippen LogP contribution is -2.36. The van der Waals surface area contributed by atoms with Crippen LogP contribution in [0.2, 0.25) is 5.02 Å². The molecule has 1 aliphatic rings. The number of carbonyl (C=O) groups excluding carboxylic acids is 1. The Bertz CT molecular complexity index is 1150. The van der Waals surface area contributed by atoms with Crippen LogP contribution in [-0.2, 0) is 4.79 Å². The maximum absolute atomic E-state index is 12.9. The highest BCUT2D eigenvalue weighted by Crippen LogP contribution is 2.29. The predicted octanol–water partition coefficient (Wildman–Crippen LogP) is 4.51. The van der Waals surface area contributed by atoms with E-state index in [4.69, 9.17) is 16.3 Å². The van der Waals surface area contributed by atoms with Crippen LogP contribution in [0.4, 0.5) is 11.4 Å². The molecule has 1 aliphatic heterocycles. The lowest BCUT2D eigenvalue weighted by atomic mass is 10.0. The van der Waals surface area contributed by atoms with E-state index in [9.17, 15) is 14.9 Å². The Balaban J connectivity index is 1.56. The zero-order valence-corrected chi connectivity index (χ0v) is 17.2. The quantitative estimate of drug-likeness (QED) is 0.421. The van der Waals surface area contributed by atoms with E-state index in [0.717, 1.165) is 11.1 Å². The van der Waals surface area contributed by atoms with Crippen LogP contribution in [0.25, 0.3) is 0 Å². The number of benzodiazepines with no additional fused rings is 1. The first-order valence-corrected chi connectivity index (χ1v) is 9.98. The first-order chi connectivity index (χ1) is 15.0. The lowest BCUT2D eigenvalue weighted by Gasteiger charge is -2.23. The molecular formula is C23H18ClN3O4. The third-order valence-electron chi connectivity index (χ3n) is 4.86. The normalized spacial score (nSPS) is 13.3. The van der Waals surface area contributed by atoms with Gasteiger partial charge in [0.15, 0.2) is 0 Å². The van der Waals surface area contributed by atoms with E-state index >= 15 is 0 Å². The molecule has 0 unspecified atom stereocenters. The van der Waals surface area contributed by atoms with Gasteiger partial charge in [-0.05, 0) is 30.3 Å². The molecule has 0 saturated heterocycles. The molecule has 0 aliphatic carbocycles. The number of nitro groups is 1. The van der Waals surface area contributed by atoms with Crippen LogP contribution in [0.1, 0.15) is 11.1 Å². The molecule has 0 saturated carbocycles. The third kappa shape index (κ3) is 4.57. The first kappa shape index (κ1) is 20.6. The van der Waals surface area contributed by atoms with Crippen molar-refractivity contribution in [3.05, 3.63) is 99.1 Å². The van der Waals surface area contributed by atoms with E-state index < -0.39 is 4.92 Å². The van der Waals surface area contributed by atoms with Crippen LogP contribution in [0, 0.1) is 10.1 Å². The summed E-state index contributed by atoms with van der Waals surface area (Å²) in [5.74, 6) is 0.340. The summed E-state index contributed by atoms with van der Waals surface area (Å²) in [4.78, 5) is 29.4. The number of hydrogen-bond acceptors (Lipinski definition) is 5. The standard InChI is InChI=1S/C23H18ClN3O4/c24-17-6-11-21-20(14-17)23(16-4-2-1-3-5-16)25-15-22(28)26(21)12-13-31-19-9-7-18(8-10-19)27(29)30/h1-11,14H,12-13,15H2. The van der Waals surface area contributed by atoms with E-state index in [1.807, 2.05) is 42.5 Å². The molecule has 3 aromatic carbocycles. The Morgan fingerprint density at radius 2 is 1.81 bits per heavy atom. The van der Waals surface area contributed by atoms with E-state index in [1.165, 1.54) is 24.3 Å². The zero-order chi connectivity index (χ0) is 21.8. The summed E-state index contributed by atoms with van der Waals surface area (Å²) in [7, 11) is 0. The number of rotatable bonds is 6. The number of nitro benzene ring substituents is 1. The van der Waals surface area contributed by atoms with Gasteiger partial charge in [0.2, 0.25) is 5.91 Å². The van der Waals surface area contributed by atoms with Gasteiger partial charge in [-0.3, -0.25) is 19.9 Å². The SMILES string of the molecule is O=C1CN=C(c2ccccc2)c2cc(Cl)ccc2N1CCOc1ccc([N+](=O)[O-])cc1. The number of ether oxygens (including phenoxy) is 1. The van der Waals surface area contributed by atoms with Gasteiger partial charge >= 0.3 is 0 Å². The summed E-state index contributed by atoms with van der Waals surface area (Å²) in [6, 6.07) is 20.8. The van der Waals surface area contributed by atoms with Crippen molar-refractivity contribution in [1.82, 2.24) is 0 Å². The number of nitrogens with zero attached hydrogens (tertiary/aromatic N) is 3. The van der Waals surface area contributed by atoms with Gasteiger partial charge in [-0.25, -0.2) is 0 Å². The molecule has 1 amide bonds. The van der Waals surface area contributed by atoms with Crippen molar-refractivity contribution in [3.63, 3.8) is 0 Å². The maximum Gasteiger partial charge on any atom is 0.269 e. The number of fused-ring (bicyclic) bond motifs is 1. The molecule has 8 heteroatoms. The molecule has 156 valence electrons. The second kappa shape index (κ2) is 8.97. The van der Waals surface area contributed by atoms with Crippen molar-refractivity contribution in [1.29, 1.82) is 0 Å². The molecule has 0 atom stereocenters. The molecule has 0 N–H and O–H groups in total. The van der Waals surface area contributed by atoms with E-state index in [-0.39, 0.29) is 24.7 Å². The highest BCUT2D eigenvalue weighted by atomic mass is 35.5. The summed E-state index contributed by atoms with van der Waals surface area (Å²) in [6.45, 7) is 0.516. The number of benzene rings is 3. The summed E-state index contributed by atoms with van der Waals surface area (Å²) in [5, 5.41) is 11.3. The second-order valence-corrected chi connectivity index (χ2v) is 7.27. The average molecular weight is 436 g/mol. The number of halogens is 1. The number of non-ortho nitro benzene ring substituents is 1. The average Bonchev–Trinajstić information content (AvgIpc) is 2.91. The van der Waals surface area contributed by atoms with Gasteiger partial charge < -0.3 is 9.64 Å². The van der Waals surface area contributed by atoms with Crippen LogP contribution < -0.4 is 9.64 Å². The van der Waals surface area contributed by atoms with Crippen LogP contribution in [0.3, 0.4) is 0 Å². The van der Waals surface area contributed by atoms with Gasteiger partial charge in [-0.15, -0.1) is 0 Å². The molecule has 0 bridgehead atoms. The van der Waals surface area contributed by atoms with Crippen LogP contribution in [-0.4, -0.2) is 36.2 Å². The van der Waals surface area contributed by atoms with Crippen molar-refractivity contribution in [2.45, 2.75) is 0 Å². The number of amides is 1. The van der Waals surface area contributed by atoms with E-state index in [0.29, 0.717) is 28.7 Å². The number of aliphatic imine (C=N–C) groups is 1. The van der Waals surface area contributed by atoms with Gasteiger partial charge in [0.05, 0.1) is 22.9 Å². The summed E-state index contributed by atoms with van der Waals surface area (Å²) < 4.78 is 5.70. The monoisotopic (exact) mass is 435 g/mol. The Labute approximate surface area is 183 Å². The Hall–Kier alpha value is -3.71. The molecule has 0 fully saturated rings. The molecular weight excluding hydrogens is 418 g/mol. The Morgan fingerprint density at radius 1 is 1.06 bits per heavy atom. The number of hydrogen-bond donors (Lipinski definition) is 0. The minimum atomic E-state index is -0.466. The molecule has 0 aromatic heterocycles. The molecule has 0 radical (unpaired) electrons. The molecule has 1 heterocycles. The second-order valence-electron chi connectivity index (χ2n) is 6.84. The van der Waals surface area contributed by atoms with Crippen molar-refractivity contribution in [2.24, 2.45) is 4.99 Å². The summed E-state index contributed by atoms with van der Waals surface area (Å²) in [5.41, 5.74) is 3.10. The molecule has 7 nitrogen and oxygen atoms in total. The van der Waals surface area contributed by atoms with Crippen molar-refractivity contribution >= 4 is 34.6 Å². The minimum Gasteiger partial charge on any atom is -0.492 e. The largest absolute Gasteiger partial charge is 0.492 e. The van der Waals surface area contributed by atoms with Gasteiger partial charge in [0.25, 0.3) is 5.69 Å². The summed E-state index contributed by atoms with van der Waals surface area (Å²) >= 11 is 6.26.